The van der Waals surface area contributed by atoms with Crippen LogP contribution in [0.15, 0.2) is 0 Å². The van der Waals surface area contributed by atoms with E-state index in [-0.39, 0.29) is 42.1 Å². The molecule has 3 aliphatic carbocycles. The van der Waals surface area contributed by atoms with Crippen molar-refractivity contribution < 1.29 is 37.1 Å². The summed E-state index contributed by atoms with van der Waals surface area (Å²) in [5, 5.41) is 11.5. The third-order valence-electron chi connectivity index (χ3n) is 12.5. The molecule has 4 N–H and O–H groups in total. The molecule has 0 spiro atoms. The van der Waals surface area contributed by atoms with Crippen molar-refractivity contribution in [1.29, 1.82) is 0 Å². The molecule has 6 atom stereocenters. The number of amides is 5. The van der Waals surface area contributed by atoms with Crippen LogP contribution in [0.2, 0.25) is 0 Å². The SMILES string of the molecule is CCCC[C@H](NC(=O)[C@@H]1[C@@H]2[C@H](CN1C(=O)[C@@H](NC(=O)NC1([C@H]3OCCS3(=O)=O)CCCCC1)C1(C)CCCCC1)C2(C)C)C(=O)C(=O)NCC. The molecule has 50 heavy (non-hydrogen) atoms. The highest BCUT2D eigenvalue weighted by atomic mass is 32.2. The molecule has 5 fully saturated rings. The van der Waals surface area contributed by atoms with E-state index in [2.05, 4.69) is 35.1 Å². The Morgan fingerprint density at radius 2 is 1.54 bits per heavy atom. The number of unbranched alkanes of at least 4 members (excludes halogenated alkanes) is 1. The van der Waals surface area contributed by atoms with Gasteiger partial charge >= 0.3 is 6.03 Å². The second-order valence-electron chi connectivity index (χ2n) is 16.3. The van der Waals surface area contributed by atoms with E-state index in [1.807, 2.05) is 13.8 Å². The summed E-state index contributed by atoms with van der Waals surface area (Å²) in [6, 6.07) is -3.45. The van der Waals surface area contributed by atoms with E-state index >= 15 is 0 Å². The number of urea groups is 1. The normalized spacial score (nSPS) is 29.9. The van der Waals surface area contributed by atoms with Crippen LogP contribution < -0.4 is 21.3 Å². The molecule has 282 valence electrons. The third kappa shape index (κ3) is 7.56. The Balaban J connectivity index is 1.41. The average molecular weight is 722 g/mol. The molecule has 13 nitrogen and oxygen atoms in total. The lowest BCUT2D eigenvalue weighted by atomic mass is 9.70. The Labute approximate surface area is 297 Å². The van der Waals surface area contributed by atoms with E-state index in [9.17, 15) is 32.4 Å². The zero-order valence-electron chi connectivity index (χ0n) is 30.6. The summed E-state index contributed by atoms with van der Waals surface area (Å²) in [6.07, 6.45) is 9.29. The fraction of sp³-hybridized carbons (Fsp3) is 0.861. The van der Waals surface area contributed by atoms with Crippen LogP contribution in [0.1, 0.15) is 118 Å². The van der Waals surface area contributed by atoms with Crippen molar-refractivity contribution in [3.05, 3.63) is 0 Å². The molecule has 3 saturated carbocycles. The fourth-order valence-electron chi connectivity index (χ4n) is 9.48. The minimum absolute atomic E-state index is 0.0688. The molecule has 2 aliphatic heterocycles. The van der Waals surface area contributed by atoms with Crippen LogP contribution in [0.3, 0.4) is 0 Å². The van der Waals surface area contributed by atoms with Gasteiger partial charge in [-0.25, -0.2) is 13.2 Å². The Kier molecular flexibility index (Phi) is 11.6. The minimum Gasteiger partial charge on any atom is -0.359 e. The van der Waals surface area contributed by atoms with Gasteiger partial charge in [-0.15, -0.1) is 0 Å². The predicted octanol–water partition coefficient (Wildman–Crippen LogP) is 2.96. The highest BCUT2D eigenvalue weighted by molar-refractivity contribution is 7.92. The summed E-state index contributed by atoms with van der Waals surface area (Å²) >= 11 is 0. The summed E-state index contributed by atoms with van der Waals surface area (Å²) in [5.74, 6) is -2.42. The van der Waals surface area contributed by atoms with E-state index in [1.165, 1.54) is 0 Å². The smallest absolute Gasteiger partial charge is 0.316 e. The van der Waals surface area contributed by atoms with Gasteiger partial charge in [-0.2, -0.15) is 0 Å². The molecule has 0 aromatic rings. The number of Topliss-reactive ketones (excluding diaryl/α,β-unsaturated/α-hetero) is 1. The highest BCUT2D eigenvalue weighted by Gasteiger charge is 2.70. The summed E-state index contributed by atoms with van der Waals surface area (Å²) in [4.78, 5) is 70.3. The van der Waals surface area contributed by atoms with Crippen molar-refractivity contribution in [1.82, 2.24) is 26.2 Å². The van der Waals surface area contributed by atoms with Gasteiger partial charge in [0.05, 0.1) is 23.9 Å². The number of nitrogens with one attached hydrogen (secondary N) is 4. The number of hydrogen-bond acceptors (Lipinski definition) is 8. The fourth-order valence-corrected chi connectivity index (χ4v) is 11.3. The Morgan fingerprint density at radius 1 is 0.900 bits per heavy atom. The van der Waals surface area contributed by atoms with E-state index in [1.54, 1.807) is 11.8 Å². The van der Waals surface area contributed by atoms with Crippen LogP contribution >= 0.6 is 0 Å². The van der Waals surface area contributed by atoms with Crippen molar-refractivity contribution in [2.24, 2.45) is 22.7 Å². The molecular formula is C36H59N5O8S. The number of likely N-dealkylation sites (tertiary alicyclic amines) is 1. The molecule has 5 amide bonds. The third-order valence-corrected chi connectivity index (χ3v) is 14.5. The lowest BCUT2D eigenvalue weighted by molar-refractivity contribution is -0.146. The van der Waals surface area contributed by atoms with Crippen LogP contribution in [0.5, 0.6) is 0 Å². The minimum atomic E-state index is -3.57. The molecule has 0 unspecified atom stereocenters. The Bertz CT molecular complexity index is 1420. The molecule has 14 heteroatoms. The topological polar surface area (TPSA) is 180 Å². The summed E-state index contributed by atoms with van der Waals surface area (Å²) in [6.45, 7) is 10.6. The van der Waals surface area contributed by atoms with Crippen LogP contribution in [0.25, 0.3) is 0 Å². The molecule has 2 saturated heterocycles. The van der Waals surface area contributed by atoms with Crippen molar-refractivity contribution in [3.63, 3.8) is 0 Å². The quantitative estimate of drug-likeness (QED) is 0.210. The first kappa shape index (κ1) is 38.5. The molecule has 0 aromatic carbocycles. The zero-order valence-corrected chi connectivity index (χ0v) is 31.4. The maximum atomic E-state index is 14.8. The number of nitrogens with zero attached hydrogens (tertiary/aromatic N) is 1. The van der Waals surface area contributed by atoms with E-state index in [4.69, 9.17) is 4.74 Å². The van der Waals surface area contributed by atoms with Gasteiger partial charge in [0.25, 0.3) is 5.91 Å². The number of fused-ring (bicyclic) bond motifs is 1. The molecule has 5 aliphatic rings. The number of piperidine rings is 1. The van der Waals surface area contributed by atoms with Crippen molar-refractivity contribution in [3.8, 4) is 0 Å². The van der Waals surface area contributed by atoms with Crippen LogP contribution in [-0.4, -0.2) is 97.4 Å². The first-order valence-electron chi connectivity index (χ1n) is 19.0. The molecule has 0 radical (unpaired) electrons. The van der Waals surface area contributed by atoms with Crippen LogP contribution in [-0.2, 0) is 33.8 Å². The molecule has 0 aromatic heterocycles. The standard InChI is InChI=1S/C36H59N5O8S/c1-6-8-15-24(27(42)30(44)37-7-2)38-29(43)26-25-23(34(25,3)4)22-41(26)31(45)28(35(5)16-11-9-12-17-35)39-33(46)40-36(18-13-10-14-19-36)32-49-20-21-50(32,47)48/h23-26,28,32H,6-22H2,1-5H3,(H,37,44)(H,38,43)(H2,39,40,46)/t23-,24-,25-,26-,28+,32-/m0/s1. The van der Waals surface area contributed by atoms with E-state index in [0.29, 0.717) is 45.1 Å². The van der Waals surface area contributed by atoms with Crippen LogP contribution in [0.4, 0.5) is 4.79 Å². The second-order valence-corrected chi connectivity index (χ2v) is 18.5. The van der Waals surface area contributed by atoms with Gasteiger partial charge in [0, 0.05) is 13.1 Å². The van der Waals surface area contributed by atoms with Crippen molar-refractivity contribution >= 4 is 39.4 Å². The number of rotatable bonds is 13. The Morgan fingerprint density at radius 3 is 2.12 bits per heavy atom. The summed E-state index contributed by atoms with van der Waals surface area (Å²) in [5.41, 5.74) is -3.02. The number of carbonyl (C=O) groups is 5. The molecule has 0 bridgehead atoms. The highest BCUT2D eigenvalue weighted by Crippen LogP contribution is 2.65. The van der Waals surface area contributed by atoms with Crippen LogP contribution in [0, 0.1) is 22.7 Å². The number of carbonyl (C=O) groups excluding carboxylic acids is 5. The van der Waals surface area contributed by atoms with Gasteiger partial charge in [-0.3, -0.25) is 19.2 Å². The largest absolute Gasteiger partial charge is 0.359 e. The zero-order chi connectivity index (χ0) is 36.5. The molecular weight excluding hydrogens is 662 g/mol. The van der Waals surface area contributed by atoms with E-state index < -0.39 is 68.0 Å². The van der Waals surface area contributed by atoms with Crippen molar-refractivity contribution in [2.75, 3.05) is 25.4 Å². The van der Waals surface area contributed by atoms with Gasteiger partial charge in [0.2, 0.25) is 17.6 Å². The maximum absolute atomic E-state index is 14.8. The number of sulfone groups is 1. The van der Waals surface area contributed by atoms with Gasteiger partial charge in [-0.05, 0) is 61.7 Å². The monoisotopic (exact) mass is 721 g/mol. The first-order chi connectivity index (χ1) is 23.6. The Hall–Kier alpha value is -2.74. The van der Waals surface area contributed by atoms with Gasteiger partial charge in [-0.1, -0.05) is 79.1 Å². The van der Waals surface area contributed by atoms with Gasteiger partial charge in [0.1, 0.15) is 12.1 Å². The number of likely N-dealkylation sites (N-methyl/N-ethyl adjacent to an activating group) is 1. The number of ketones is 1. The second kappa shape index (κ2) is 15.1. The number of ether oxygens (including phenoxy) is 1. The lowest BCUT2D eigenvalue weighted by Crippen LogP contribution is -2.66. The lowest BCUT2D eigenvalue weighted by Gasteiger charge is -2.45. The van der Waals surface area contributed by atoms with Gasteiger partial charge < -0.3 is 30.9 Å². The summed E-state index contributed by atoms with van der Waals surface area (Å²) < 4.78 is 31.9. The molecule has 5 rings (SSSR count). The average Bonchev–Trinajstić information content (AvgIpc) is 3.37. The first-order valence-corrected chi connectivity index (χ1v) is 20.7. The van der Waals surface area contributed by atoms with Crippen molar-refractivity contribution in [2.45, 2.75) is 147 Å². The predicted molar refractivity (Wildman–Crippen MR) is 187 cm³/mol. The molecule has 2 heterocycles. The van der Waals surface area contributed by atoms with E-state index in [0.717, 1.165) is 44.9 Å². The van der Waals surface area contributed by atoms with Gasteiger partial charge in [0.15, 0.2) is 15.3 Å². The summed E-state index contributed by atoms with van der Waals surface area (Å²) in [7, 11) is -3.57. The number of hydrogen-bond donors (Lipinski definition) is 4. The maximum Gasteiger partial charge on any atom is 0.316 e.